The van der Waals surface area contributed by atoms with Crippen molar-refractivity contribution >= 4 is 45.7 Å². The minimum absolute atomic E-state index is 0.0714. The minimum atomic E-state index is -0.741. The first-order valence-corrected chi connectivity index (χ1v) is 12.6. The van der Waals surface area contributed by atoms with Gasteiger partial charge in [0.05, 0.1) is 40.2 Å². The van der Waals surface area contributed by atoms with Gasteiger partial charge in [0.1, 0.15) is 16.5 Å². The van der Waals surface area contributed by atoms with Gasteiger partial charge in [-0.2, -0.15) is 0 Å². The van der Waals surface area contributed by atoms with Crippen LogP contribution < -0.4 is 10.1 Å². The van der Waals surface area contributed by atoms with Crippen molar-refractivity contribution in [2.75, 3.05) is 11.9 Å². The molecule has 1 N–H and O–H groups in total. The lowest BCUT2D eigenvalue weighted by Gasteiger charge is -2.12. The fourth-order valence-corrected chi connectivity index (χ4v) is 5.33. The number of esters is 1. The van der Waals surface area contributed by atoms with Gasteiger partial charge in [0.25, 0.3) is 11.4 Å². The number of carbonyl (C=O) groups is 2. The van der Waals surface area contributed by atoms with E-state index in [2.05, 4.69) is 5.32 Å². The number of thiophene rings is 1. The monoisotopic (exact) mass is 537 g/mol. The van der Waals surface area contributed by atoms with Crippen molar-refractivity contribution in [1.82, 2.24) is 0 Å². The normalized spacial score (nSPS) is 12.6. The van der Waals surface area contributed by atoms with Gasteiger partial charge >= 0.3 is 5.97 Å². The number of amides is 1. The van der Waals surface area contributed by atoms with Gasteiger partial charge in [0, 0.05) is 11.0 Å². The highest BCUT2D eigenvalue weighted by Crippen LogP contribution is 2.38. The maximum atomic E-state index is 12.7. The number of nitrogens with one attached hydrogen (secondary N) is 1. The molecule has 0 aliphatic heterocycles. The van der Waals surface area contributed by atoms with Gasteiger partial charge < -0.3 is 14.8 Å². The Morgan fingerprint density at radius 3 is 2.42 bits per heavy atom. The van der Waals surface area contributed by atoms with Crippen molar-refractivity contribution in [3.8, 4) is 11.5 Å². The average Bonchev–Trinajstić information content (AvgIpc) is 3.25. The van der Waals surface area contributed by atoms with Crippen LogP contribution in [-0.4, -0.2) is 28.3 Å². The van der Waals surface area contributed by atoms with Crippen LogP contribution >= 0.6 is 11.3 Å². The number of aryl methyl sites for hydroxylation is 1. The standard InChI is InChI=1S/C26H23N3O8S/c1-2-36-26(31)24-21-8-3-4-9-22(21)38-25(24)27-23(30)11-10-16-6-5-7-19(12-16)37-20-14-17(28(32)33)13-18(15-20)29(34)35/h5-7,10-15H,2-4,8-9H2,1H3,(H,27,30). The molecule has 38 heavy (non-hydrogen) atoms. The number of anilines is 1. The van der Waals surface area contributed by atoms with Crippen molar-refractivity contribution in [2.24, 2.45) is 0 Å². The lowest BCUT2D eigenvalue weighted by molar-refractivity contribution is -0.394. The van der Waals surface area contributed by atoms with Crippen LogP contribution in [-0.2, 0) is 22.4 Å². The summed E-state index contributed by atoms with van der Waals surface area (Å²) in [5.41, 5.74) is 1.01. The van der Waals surface area contributed by atoms with E-state index in [0.717, 1.165) is 54.3 Å². The predicted molar refractivity (Wildman–Crippen MR) is 141 cm³/mol. The van der Waals surface area contributed by atoms with Gasteiger partial charge in [-0.3, -0.25) is 25.0 Å². The third-order valence-electron chi connectivity index (χ3n) is 5.71. The smallest absolute Gasteiger partial charge is 0.341 e. The predicted octanol–water partition coefficient (Wildman–Crippen LogP) is 6.06. The topological polar surface area (TPSA) is 151 Å². The van der Waals surface area contributed by atoms with Gasteiger partial charge in [0.15, 0.2) is 0 Å². The molecule has 4 rings (SSSR count). The molecular formula is C26H23N3O8S. The Morgan fingerprint density at radius 2 is 1.74 bits per heavy atom. The van der Waals surface area contributed by atoms with E-state index in [1.807, 2.05) is 0 Å². The number of non-ortho nitro benzene ring substituents is 2. The molecule has 0 unspecified atom stereocenters. The summed E-state index contributed by atoms with van der Waals surface area (Å²) in [4.78, 5) is 47.1. The van der Waals surface area contributed by atoms with Crippen molar-refractivity contribution in [2.45, 2.75) is 32.6 Å². The summed E-state index contributed by atoms with van der Waals surface area (Å²) in [6, 6.07) is 9.52. The molecule has 0 radical (unpaired) electrons. The van der Waals surface area contributed by atoms with Crippen molar-refractivity contribution in [1.29, 1.82) is 0 Å². The number of hydrogen-bond donors (Lipinski definition) is 1. The number of ether oxygens (including phenoxy) is 2. The zero-order chi connectivity index (χ0) is 27.2. The second kappa shape index (κ2) is 11.6. The molecule has 3 aromatic rings. The molecule has 196 valence electrons. The largest absolute Gasteiger partial charge is 0.462 e. The Hall–Kier alpha value is -4.58. The number of nitrogens with zero attached hydrogens (tertiary/aromatic N) is 2. The van der Waals surface area contributed by atoms with Crippen LogP contribution in [0.5, 0.6) is 11.5 Å². The first-order valence-electron chi connectivity index (χ1n) is 11.8. The van der Waals surface area contributed by atoms with Crippen LogP contribution in [0.2, 0.25) is 0 Å². The molecule has 2 aromatic carbocycles. The maximum Gasteiger partial charge on any atom is 0.341 e. The van der Waals surface area contributed by atoms with Gasteiger partial charge in [0.2, 0.25) is 5.91 Å². The van der Waals surface area contributed by atoms with E-state index in [0.29, 0.717) is 16.1 Å². The quantitative estimate of drug-likeness (QED) is 0.150. The van der Waals surface area contributed by atoms with Crippen molar-refractivity contribution in [3.05, 3.63) is 90.3 Å². The van der Waals surface area contributed by atoms with E-state index < -0.39 is 33.1 Å². The minimum Gasteiger partial charge on any atom is -0.462 e. The lowest BCUT2D eigenvalue weighted by atomic mass is 9.95. The SMILES string of the molecule is CCOC(=O)c1c(NC(=O)C=Cc2cccc(Oc3cc([N+](=O)[O-])cc([N+](=O)[O-])c3)c2)sc2c1CCCC2. The Morgan fingerprint density at radius 1 is 1.03 bits per heavy atom. The van der Waals surface area contributed by atoms with Crippen LogP contribution in [0.1, 0.15) is 46.1 Å². The lowest BCUT2D eigenvalue weighted by Crippen LogP contribution is -2.14. The first-order chi connectivity index (χ1) is 18.2. The van der Waals surface area contributed by atoms with E-state index in [1.165, 1.54) is 23.5 Å². The molecule has 12 heteroatoms. The Labute approximate surface area is 221 Å². The average molecular weight is 538 g/mol. The molecule has 0 spiro atoms. The van der Waals surface area contributed by atoms with Gasteiger partial charge in [-0.1, -0.05) is 12.1 Å². The fourth-order valence-electron chi connectivity index (χ4n) is 4.05. The van der Waals surface area contributed by atoms with Crippen LogP contribution in [0.25, 0.3) is 6.08 Å². The van der Waals surface area contributed by atoms with Crippen LogP contribution in [0.3, 0.4) is 0 Å². The Balaban J connectivity index is 1.50. The third-order valence-corrected chi connectivity index (χ3v) is 6.91. The number of nitro benzene ring substituents is 2. The molecule has 1 heterocycles. The highest BCUT2D eigenvalue weighted by atomic mass is 32.1. The highest BCUT2D eigenvalue weighted by molar-refractivity contribution is 7.17. The summed E-state index contributed by atoms with van der Waals surface area (Å²) in [7, 11) is 0. The van der Waals surface area contributed by atoms with E-state index >= 15 is 0 Å². The molecule has 0 fully saturated rings. The Bertz CT molecular complexity index is 1410. The summed E-state index contributed by atoms with van der Waals surface area (Å²) in [6.45, 7) is 1.97. The number of benzene rings is 2. The molecule has 0 saturated heterocycles. The molecule has 0 saturated carbocycles. The van der Waals surface area contributed by atoms with Crippen LogP contribution in [0.4, 0.5) is 16.4 Å². The zero-order valence-electron chi connectivity index (χ0n) is 20.3. The van der Waals surface area contributed by atoms with E-state index in [1.54, 1.807) is 31.2 Å². The molecule has 1 aromatic heterocycles. The van der Waals surface area contributed by atoms with Gasteiger partial charge in [-0.25, -0.2) is 4.79 Å². The van der Waals surface area contributed by atoms with Crippen molar-refractivity contribution in [3.63, 3.8) is 0 Å². The van der Waals surface area contributed by atoms with Crippen molar-refractivity contribution < 1.29 is 28.9 Å². The molecular weight excluding hydrogens is 514 g/mol. The summed E-state index contributed by atoms with van der Waals surface area (Å²) in [5.74, 6) is -0.692. The van der Waals surface area contributed by atoms with Crippen LogP contribution in [0.15, 0.2) is 48.5 Å². The summed E-state index contributed by atoms with van der Waals surface area (Å²) >= 11 is 1.39. The van der Waals surface area contributed by atoms with E-state index in [-0.39, 0.29) is 18.1 Å². The fraction of sp³-hybridized carbons (Fsp3) is 0.231. The second-order valence-electron chi connectivity index (χ2n) is 8.33. The number of carbonyl (C=O) groups excluding carboxylic acids is 2. The second-order valence-corrected chi connectivity index (χ2v) is 9.44. The number of rotatable bonds is 9. The van der Waals surface area contributed by atoms with Crippen LogP contribution in [0, 0.1) is 20.2 Å². The molecule has 1 aliphatic rings. The third kappa shape index (κ3) is 6.21. The maximum absolute atomic E-state index is 12.7. The molecule has 1 amide bonds. The number of nitro groups is 2. The molecule has 11 nitrogen and oxygen atoms in total. The first kappa shape index (κ1) is 26.5. The summed E-state index contributed by atoms with van der Waals surface area (Å²) in [5, 5.41) is 25.5. The zero-order valence-corrected chi connectivity index (χ0v) is 21.1. The molecule has 1 aliphatic carbocycles. The number of hydrogen-bond acceptors (Lipinski definition) is 9. The van der Waals surface area contributed by atoms with E-state index in [4.69, 9.17) is 9.47 Å². The van der Waals surface area contributed by atoms with E-state index in [9.17, 15) is 29.8 Å². The van der Waals surface area contributed by atoms with Gasteiger partial charge in [-0.05, 0) is 61.9 Å². The summed E-state index contributed by atoms with van der Waals surface area (Å²) in [6.07, 6.45) is 6.49. The van der Waals surface area contributed by atoms with Gasteiger partial charge in [-0.15, -0.1) is 11.3 Å². The highest BCUT2D eigenvalue weighted by Gasteiger charge is 2.27. The molecule has 0 atom stereocenters. The number of fused-ring (bicyclic) bond motifs is 1. The molecule has 0 bridgehead atoms. The Kier molecular flexibility index (Phi) is 8.12. The summed E-state index contributed by atoms with van der Waals surface area (Å²) < 4.78 is 10.8.